The molecule has 2 aliphatic heterocycles. The second-order valence-corrected chi connectivity index (χ2v) is 12.0. The van der Waals surface area contributed by atoms with Crippen molar-refractivity contribution in [2.75, 3.05) is 6.61 Å². The van der Waals surface area contributed by atoms with Crippen molar-refractivity contribution in [3.63, 3.8) is 0 Å². The molecule has 2 fully saturated rings. The summed E-state index contributed by atoms with van der Waals surface area (Å²) in [5.74, 6) is -4.05. The number of hydrogen-bond donors (Lipinski definition) is 0. The van der Waals surface area contributed by atoms with Gasteiger partial charge in [0.15, 0.2) is 30.5 Å². The van der Waals surface area contributed by atoms with E-state index in [0.717, 1.165) is 25.0 Å². The lowest BCUT2D eigenvalue weighted by Crippen LogP contribution is -2.67. The summed E-state index contributed by atoms with van der Waals surface area (Å²) in [6, 6.07) is 19.2. The molecule has 12 heteroatoms. The van der Waals surface area contributed by atoms with Crippen LogP contribution in [0.25, 0.3) is 0 Å². The van der Waals surface area contributed by atoms with E-state index in [1.165, 1.54) is 6.92 Å². The van der Waals surface area contributed by atoms with Gasteiger partial charge in [0.1, 0.15) is 18.8 Å². The molecule has 2 aromatic carbocycles. The van der Waals surface area contributed by atoms with Crippen LogP contribution in [0.2, 0.25) is 0 Å². The molecule has 258 valence electrons. The third kappa shape index (κ3) is 9.57. The van der Waals surface area contributed by atoms with E-state index in [-0.39, 0.29) is 25.2 Å². The summed E-state index contributed by atoms with van der Waals surface area (Å²) in [6.07, 6.45) is -9.44. The lowest BCUT2D eigenvalue weighted by atomic mass is 9.85. The number of rotatable bonds is 13. The Kier molecular flexibility index (Phi) is 12.9. The van der Waals surface area contributed by atoms with E-state index in [1.807, 2.05) is 74.5 Å². The minimum absolute atomic E-state index is 0.159. The molecule has 5 unspecified atom stereocenters. The van der Waals surface area contributed by atoms with Crippen molar-refractivity contribution < 1.29 is 56.7 Å². The van der Waals surface area contributed by atoms with Gasteiger partial charge in [-0.1, -0.05) is 74.5 Å². The van der Waals surface area contributed by atoms with Crippen LogP contribution in [0.1, 0.15) is 59.1 Å². The van der Waals surface area contributed by atoms with Crippen molar-refractivity contribution in [1.29, 1.82) is 0 Å². The summed E-state index contributed by atoms with van der Waals surface area (Å²) in [5.41, 5.74) is 1.84. The van der Waals surface area contributed by atoms with Gasteiger partial charge < -0.3 is 37.9 Å². The molecule has 0 amide bonds. The van der Waals surface area contributed by atoms with Crippen molar-refractivity contribution in [3.05, 3.63) is 71.8 Å². The Morgan fingerprint density at radius 1 is 0.787 bits per heavy atom. The lowest BCUT2D eigenvalue weighted by molar-refractivity contribution is -0.414. The molecule has 0 bridgehead atoms. The Hall–Kier alpha value is -3.42. The van der Waals surface area contributed by atoms with E-state index in [4.69, 9.17) is 37.9 Å². The van der Waals surface area contributed by atoms with E-state index in [1.54, 1.807) is 6.92 Å². The number of alkyl halides is 1. The van der Waals surface area contributed by atoms with Crippen molar-refractivity contribution in [1.82, 2.24) is 0 Å². The number of carbonyl (C=O) groups is 3. The maximum atomic E-state index is 16.4. The third-order valence-electron chi connectivity index (χ3n) is 8.24. The number of ether oxygens (including phenoxy) is 8. The summed E-state index contributed by atoms with van der Waals surface area (Å²) < 4.78 is 64.2. The average molecular weight is 661 g/mol. The van der Waals surface area contributed by atoms with E-state index in [0.29, 0.717) is 6.42 Å². The minimum Gasteiger partial charge on any atom is -0.463 e. The fraction of sp³-hybridized carbons (Fsp3) is 0.571. The third-order valence-corrected chi connectivity index (χ3v) is 8.24. The van der Waals surface area contributed by atoms with Gasteiger partial charge in [-0.2, -0.15) is 0 Å². The Labute approximate surface area is 274 Å². The van der Waals surface area contributed by atoms with Crippen molar-refractivity contribution >= 4 is 17.9 Å². The molecule has 0 saturated carbocycles. The van der Waals surface area contributed by atoms with Crippen LogP contribution in [-0.4, -0.2) is 79.4 Å². The molecular weight excluding hydrogens is 615 g/mol. The minimum atomic E-state index is -2.14. The number of hydrogen-bond acceptors (Lipinski definition) is 11. The van der Waals surface area contributed by atoms with Crippen LogP contribution < -0.4 is 0 Å². The highest BCUT2D eigenvalue weighted by molar-refractivity contribution is 5.68. The first-order valence-corrected chi connectivity index (χ1v) is 15.9. The summed E-state index contributed by atoms with van der Waals surface area (Å²) in [5, 5.41) is 0. The molecule has 2 aliphatic rings. The molecule has 0 radical (unpaired) electrons. The quantitative estimate of drug-likeness (QED) is 0.217. The molecule has 0 aliphatic carbocycles. The molecule has 0 aromatic heterocycles. The molecule has 2 heterocycles. The monoisotopic (exact) mass is 660 g/mol. The standard InChI is InChI=1S/C35H45FO11/c1-7-27-21(2)30(41-18-25-14-10-8-11-15-25)33(42-19-26-16-12-9-13-17-26)35(6,46-27)47-34-29(36)32(44-24(5)39)31(43-23(4)38)28(45-34)20-40-22(3)37/h8-17,21,27-34H,7,18-20H2,1-6H3/t21-,27?,28?,29?,30+,31-,32?,33?,34-,35-/m1/s1. The summed E-state index contributed by atoms with van der Waals surface area (Å²) >= 11 is 0. The number of carbonyl (C=O) groups excluding carboxylic acids is 3. The van der Waals surface area contributed by atoms with Crippen LogP contribution in [0.15, 0.2) is 60.7 Å². The first-order valence-electron chi connectivity index (χ1n) is 15.9. The van der Waals surface area contributed by atoms with Gasteiger partial charge in [-0.3, -0.25) is 14.4 Å². The van der Waals surface area contributed by atoms with Crippen molar-refractivity contribution in [2.45, 2.75) is 116 Å². The van der Waals surface area contributed by atoms with Gasteiger partial charge in [0.05, 0.1) is 25.4 Å². The Morgan fingerprint density at radius 3 is 1.87 bits per heavy atom. The highest BCUT2D eigenvalue weighted by Crippen LogP contribution is 2.42. The van der Waals surface area contributed by atoms with Gasteiger partial charge in [-0.25, -0.2) is 4.39 Å². The molecule has 0 N–H and O–H groups in total. The summed E-state index contributed by atoms with van der Waals surface area (Å²) in [6.45, 7) is 9.04. The molecule has 11 nitrogen and oxygen atoms in total. The van der Waals surface area contributed by atoms with Gasteiger partial charge in [-0.15, -0.1) is 0 Å². The fourth-order valence-corrected chi connectivity index (χ4v) is 6.01. The highest BCUT2D eigenvalue weighted by Gasteiger charge is 2.58. The zero-order valence-electron chi connectivity index (χ0n) is 27.7. The maximum absolute atomic E-state index is 16.4. The van der Waals surface area contributed by atoms with Crippen LogP contribution in [-0.2, 0) is 65.5 Å². The van der Waals surface area contributed by atoms with Crippen molar-refractivity contribution in [3.8, 4) is 0 Å². The molecule has 0 spiro atoms. The fourth-order valence-electron chi connectivity index (χ4n) is 6.01. The van der Waals surface area contributed by atoms with Gasteiger partial charge in [-0.05, 0) is 24.5 Å². The smallest absolute Gasteiger partial charge is 0.303 e. The first kappa shape index (κ1) is 36.4. The van der Waals surface area contributed by atoms with Gasteiger partial charge in [0.2, 0.25) is 0 Å². The summed E-state index contributed by atoms with van der Waals surface area (Å²) in [4.78, 5) is 35.8. The van der Waals surface area contributed by atoms with Crippen LogP contribution in [0.5, 0.6) is 0 Å². The van der Waals surface area contributed by atoms with Gasteiger partial charge in [0.25, 0.3) is 0 Å². The van der Waals surface area contributed by atoms with Crippen LogP contribution >= 0.6 is 0 Å². The SMILES string of the molecule is CCC1O[C@](C)(O[C@H]2OC(COC(C)=O)[C@@H](OC(C)=O)C(OC(C)=O)C2F)C(OCc2ccccc2)[C@@H](OCc2ccccc2)[C@@H]1C. The molecule has 47 heavy (non-hydrogen) atoms. The zero-order chi connectivity index (χ0) is 34.1. The largest absolute Gasteiger partial charge is 0.463 e. The normalized spacial score (nSPS) is 32.3. The second kappa shape index (κ2) is 16.6. The average Bonchev–Trinajstić information content (AvgIpc) is 3.03. The molecular formula is C35H45FO11. The predicted octanol–water partition coefficient (Wildman–Crippen LogP) is 4.82. The van der Waals surface area contributed by atoms with Crippen LogP contribution in [0, 0.1) is 5.92 Å². The Balaban J connectivity index is 1.69. The maximum Gasteiger partial charge on any atom is 0.303 e. The van der Waals surface area contributed by atoms with Gasteiger partial charge in [0, 0.05) is 26.7 Å². The van der Waals surface area contributed by atoms with Crippen LogP contribution in [0.3, 0.4) is 0 Å². The van der Waals surface area contributed by atoms with E-state index < -0.39 is 73.3 Å². The molecule has 2 aromatic rings. The highest BCUT2D eigenvalue weighted by atomic mass is 19.1. The molecule has 4 rings (SSSR count). The Morgan fingerprint density at radius 2 is 1.34 bits per heavy atom. The van der Waals surface area contributed by atoms with E-state index in [2.05, 4.69) is 0 Å². The van der Waals surface area contributed by atoms with Crippen molar-refractivity contribution in [2.24, 2.45) is 5.92 Å². The Bertz CT molecular complexity index is 1310. The molecule has 2 saturated heterocycles. The van der Waals surface area contributed by atoms with Gasteiger partial charge >= 0.3 is 17.9 Å². The van der Waals surface area contributed by atoms with E-state index in [9.17, 15) is 14.4 Å². The van der Waals surface area contributed by atoms with E-state index >= 15 is 4.39 Å². The lowest BCUT2D eigenvalue weighted by Gasteiger charge is -2.52. The predicted molar refractivity (Wildman–Crippen MR) is 165 cm³/mol. The number of benzene rings is 2. The topological polar surface area (TPSA) is 125 Å². The zero-order valence-corrected chi connectivity index (χ0v) is 27.7. The summed E-state index contributed by atoms with van der Waals surface area (Å²) in [7, 11) is 0. The number of esters is 3. The number of halogens is 1. The molecule has 10 atom stereocenters. The second-order valence-electron chi connectivity index (χ2n) is 12.0. The van der Waals surface area contributed by atoms with Crippen LogP contribution in [0.4, 0.5) is 4.39 Å². The first-order chi connectivity index (χ1) is 22.4.